The van der Waals surface area contributed by atoms with E-state index in [1.165, 1.54) is 0 Å². The molecule has 1 unspecified atom stereocenters. The molecule has 0 saturated heterocycles. The van der Waals surface area contributed by atoms with Crippen molar-refractivity contribution in [2.75, 3.05) is 20.3 Å². The van der Waals surface area contributed by atoms with E-state index in [0.717, 1.165) is 38.3 Å². The summed E-state index contributed by atoms with van der Waals surface area (Å²) >= 11 is 0. The maximum atomic E-state index is 14.2. The molecule has 5 aromatic rings. The molecule has 46 heavy (non-hydrogen) atoms. The van der Waals surface area contributed by atoms with Gasteiger partial charge in [0.2, 0.25) is 0 Å². The first-order chi connectivity index (χ1) is 22.4. The van der Waals surface area contributed by atoms with Crippen molar-refractivity contribution >= 4 is 12.1 Å². The number of carboxylic acids is 1. The molecule has 0 heterocycles. The molecule has 5 aromatic carbocycles. The summed E-state index contributed by atoms with van der Waals surface area (Å²) in [5.41, 5.74) is 4.98. The summed E-state index contributed by atoms with van der Waals surface area (Å²) in [7, 11) is 1.57. The molecule has 7 nitrogen and oxygen atoms in total. The molecule has 232 valence electrons. The number of methoxy groups -OCH3 is 1. The summed E-state index contributed by atoms with van der Waals surface area (Å²) in [5, 5.41) is 10.1. The number of aliphatic carboxylic acids is 1. The van der Waals surface area contributed by atoms with Gasteiger partial charge in [0.1, 0.15) is 25.0 Å². The number of nitrogens with zero attached hydrogens (tertiary/aromatic N) is 1. The van der Waals surface area contributed by atoms with Crippen LogP contribution in [0.1, 0.15) is 46.8 Å². The molecule has 6 rings (SSSR count). The molecule has 1 amide bonds. The number of carbonyl (C=O) groups excluding carboxylic acids is 1. The van der Waals surface area contributed by atoms with Gasteiger partial charge >= 0.3 is 12.1 Å². The summed E-state index contributed by atoms with van der Waals surface area (Å²) in [6, 6.07) is 42.5. The van der Waals surface area contributed by atoms with Gasteiger partial charge in [-0.2, -0.15) is 0 Å². The second-order valence-corrected chi connectivity index (χ2v) is 11.3. The highest BCUT2D eigenvalue weighted by atomic mass is 16.6. The van der Waals surface area contributed by atoms with E-state index in [0.29, 0.717) is 11.3 Å². The van der Waals surface area contributed by atoms with Gasteiger partial charge in [0, 0.05) is 11.5 Å². The van der Waals surface area contributed by atoms with E-state index in [1.807, 2.05) is 97.1 Å². The predicted octanol–water partition coefficient (Wildman–Crippen LogP) is 8.01. The minimum Gasteiger partial charge on any atom is -0.497 e. The zero-order valence-corrected chi connectivity index (χ0v) is 25.7. The zero-order valence-electron chi connectivity index (χ0n) is 25.7. The third kappa shape index (κ3) is 6.10. The average molecular weight is 614 g/mol. The van der Waals surface area contributed by atoms with Crippen LogP contribution in [0.3, 0.4) is 0 Å². The van der Waals surface area contributed by atoms with Crippen LogP contribution in [-0.4, -0.2) is 42.3 Å². The molecule has 0 aliphatic heterocycles. The number of benzene rings is 5. The van der Waals surface area contributed by atoms with Gasteiger partial charge in [-0.1, -0.05) is 121 Å². The third-order valence-electron chi connectivity index (χ3n) is 8.54. The SMILES string of the molecule is COc1ccc(C(C)(OC(c2ccccc2)c2ccccc2)N(CC(=O)O)C(=O)OCC2c3ccccc3-c3ccccc32)cc1. The van der Waals surface area contributed by atoms with Crippen LogP contribution in [-0.2, 0) is 20.0 Å². The van der Waals surface area contributed by atoms with Crippen molar-refractivity contribution in [1.29, 1.82) is 0 Å². The Morgan fingerprint density at radius 1 is 0.739 bits per heavy atom. The molecule has 0 radical (unpaired) electrons. The fourth-order valence-electron chi connectivity index (χ4n) is 6.20. The highest BCUT2D eigenvalue weighted by molar-refractivity contribution is 5.80. The topological polar surface area (TPSA) is 85.3 Å². The van der Waals surface area contributed by atoms with Gasteiger partial charge in [-0.25, -0.2) is 4.79 Å². The molecule has 1 N–H and O–H groups in total. The standard InChI is InChI=1S/C39H35NO6/c1-39(29-21-23-30(44-2)24-22-29,46-37(27-13-5-3-6-14-27)28-15-7-4-8-16-28)40(25-36(41)42)38(43)45-26-35-33-19-11-9-17-31(33)32-18-10-12-20-34(32)35/h3-24,35,37H,25-26H2,1-2H3,(H,41,42). The van der Waals surface area contributed by atoms with Crippen LogP contribution in [0.4, 0.5) is 4.79 Å². The molecule has 7 heteroatoms. The highest BCUT2D eigenvalue weighted by Gasteiger charge is 2.43. The Kier molecular flexibility index (Phi) is 8.85. The summed E-state index contributed by atoms with van der Waals surface area (Å²) in [6.45, 7) is 1.08. The van der Waals surface area contributed by atoms with Crippen LogP contribution in [0, 0.1) is 0 Å². The smallest absolute Gasteiger partial charge is 0.412 e. The number of hydrogen-bond acceptors (Lipinski definition) is 5. The first-order valence-electron chi connectivity index (χ1n) is 15.2. The number of hydrogen-bond donors (Lipinski definition) is 1. The van der Waals surface area contributed by atoms with Crippen molar-refractivity contribution in [1.82, 2.24) is 4.90 Å². The molecule has 1 aliphatic rings. The quantitative estimate of drug-likeness (QED) is 0.152. The monoisotopic (exact) mass is 613 g/mol. The molecular formula is C39H35NO6. The lowest BCUT2D eigenvalue weighted by atomic mass is 9.97. The van der Waals surface area contributed by atoms with Crippen LogP contribution in [0.15, 0.2) is 133 Å². The van der Waals surface area contributed by atoms with Gasteiger partial charge in [-0.3, -0.25) is 9.69 Å². The number of carboxylic acid groups (broad SMARTS) is 1. The average Bonchev–Trinajstić information content (AvgIpc) is 3.42. The molecule has 1 atom stereocenters. The van der Waals surface area contributed by atoms with Crippen LogP contribution >= 0.6 is 0 Å². The largest absolute Gasteiger partial charge is 0.497 e. The molecule has 0 bridgehead atoms. The Labute approximate surface area is 268 Å². The third-order valence-corrected chi connectivity index (χ3v) is 8.54. The lowest BCUT2D eigenvalue weighted by molar-refractivity contribution is -0.174. The molecule has 0 saturated carbocycles. The summed E-state index contributed by atoms with van der Waals surface area (Å²) in [6.07, 6.45) is -1.45. The van der Waals surface area contributed by atoms with Crippen molar-refractivity contribution < 1.29 is 28.9 Å². The van der Waals surface area contributed by atoms with Gasteiger partial charge in [-0.15, -0.1) is 0 Å². The number of fused-ring (bicyclic) bond motifs is 3. The van der Waals surface area contributed by atoms with Gasteiger partial charge < -0.3 is 19.3 Å². The maximum Gasteiger partial charge on any atom is 0.412 e. The van der Waals surface area contributed by atoms with Crippen LogP contribution in [0.25, 0.3) is 11.1 Å². The molecule has 0 fully saturated rings. The Bertz CT molecular complexity index is 1720. The second kappa shape index (κ2) is 13.3. The van der Waals surface area contributed by atoms with Gasteiger partial charge in [-0.05, 0) is 52.4 Å². The summed E-state index contributed by atoms with van der Waals surface area (Å²) in [5.74, 6) is -0.787. The van der Waals surface area contributed by atoms with E-state index in [9.17, 15) is 14.7 Å². The number of ether oxygens (including phenoxy) is 3. The fraction of sp³-hybridized carbons (Fsp3) is 0.179. The summed E-state index contributed by atoms with van der Waals surface area (Å²) in [4.78, 5) is 27.7. The van der Waals surface area contributed by atoms with E-state index in [-0.39, 0.29) is 12.5 Å². The van der Waals surface area contributed by atoms with E-state index >= 15 is 0 Å². The molecule has 0 aromatic heterocycles. The lowest BCUT2D eigenvalue weighted by Crippen LogP contribution is -2.52. The van der Waals surface area contributed by atoms with Crippen molar-refractivity contribution in [2.45, 2.75) is 24.7 Å². The van der Waals surface area contributed by atoms with Crippen molar-refractivity contribution in [3.8, 4) is 16.9 Å². The van der Waals surface area contributed by atoms with Crippen LogP contribution in [0.5, 0.6) is 5.75 Å². The Morgan fingerprint density at radius 2 is 1.24 bits per heavy atom. The molecule has 1 aliphatic carbocycles. The van der Waals surface area contributed by atoms with E-state index in [2.05, 4.69) is 12.1 Å². The zero-order chi connectivity index (χ0) is 32.1. The van der Waals surface area contributed by atoms with E-state index in [4.69, 9.17) is 14.2 Å². The normalized spacial score (nSPS) is 13.4. The highest BCUT2D eigenvalue weighted by Crippen LogP contribution is 2.45. The van der Waals surface area contributed by atoms with Crippen LogP contribution in [0.2, 0.25) is 0 Å². The second-order valence-electron chi connectivity index (χ2n) is 11.3. The summed E-state index contributed by atoms with van der Waals surface area (Å²) < 4.78 is 18.4. The number of rotatable bonds is 11. The van der Waals surface area contributed by atoms with Crippen molar-refractivity contribution in [3.05, 3.63) is 161 Å². The first-order valence-corrected chi connectivity index (χ1v) is 15.2. The minimum atomic E-state index is -1.58. The number of carbonyl (C=O) groups is 2. The molecule has 0 spiro atoms. The Morgan fingerprint density at radius 3 is 1.74 bits per heavy atom. The van der Waals surface area contributed by atoms with E-state index < -0.39 is 30.4 Å². The van der Waals surface area contributed by atoms with Gasteiger partial charge in [0.05, 0.1) is 7.11 Å². The number of amides is 1. The predicted molar refractivity (Wildman–Crippen MR) is 176 cm³/mol. The molecular weight excluding hydrogens is 578 g/mol. The van der Waals surface area contributed by atoms with Gasteiger partial charge in [0.15, 0.2) is 5.72 Å². The van der Waals surface area contributed by atoms with Crippen molar-refractivity contribution in [3.63, 3.8) is 0 Å². The lowest BCUT2D eigenvalue weighted by Gasteiger charge is -2.42. The first kappa shape index (κ1) is 30.6. The van der Waals surface area contributed by atoms with E-state index in [1.54, 1.807) is 38.3 Å². The van der Waals surface area contributed by atoms with Crippen molar-refractivity contribution in [2.24, 2.45) is 0 Å². The Hall–Kier alpha value is -5.40. The van der Waals surface area contributed by atoms with Crippen LogP contribution < -0.4 is 4.74 Å². The Balaban J connectivity index is 1.39. The maximum absolute atomic E-state index is 14.2. The minimum absolute atomic E-state index is 0.0302. The fourth-order valence-corrected chi connectivity index (χ4v) is 6.20. The van der Waals surface area contributed by atoms with Gasteiger partial charge in [0.25, 0.3) is 0 Å².